The SMILES string of the molecule is Cc1ccc(C(N)=O)cc1NC(=O)c1ccc2[nH]c3c(c2c1)CCCC3. The number of aromatic nitrogens is 1. The number of nitrogens with two attached hydrogens (primary N) is 1. The van der Waals surface area contributed by atoms with E-state index in [2.05, 4.69) is 10.3 Å². The molecule has 26 heavy (non-hydrogen) atoms. The van der Waals surface area contributed by atoms with Crippen molar-refractivity contribution in [1.29, 1.82) is 0 Å². The van der Waals surface area contributed by atoms with Crippen LogP contribution in [0.4, 0.5) is 5.69 Å². The summed E-state index contributed by atoms with van der Waals surface area (Å²) in [4.78, 5) is 27.6. The maximum Gasteiger partial charge on any atom is 0.255 e. The zero-order valence-corrected chi connectivity index (χ0v) is 14.7. The molecular formula is C21H21N3O2. The van der Waals surface area contributed by atoms with E-state index in [0.717, 1.165) is 29.3 Å². The van der Waals surface area contributed by atoms with Crippen molar-refractivity contribution in [2.75, 3.05) is 5.32 Å². The Morgan fingerprint density at radius 1 is 1.04 bits per heavy atom. The van der Waals surface area contributed by atoms with Crippen LogP contribution in [0.1, 0.15) is 50.4 Å². The molecule has 1 aliphatic rings. The summed E-state index contributed by atoms with van der Waals surface area (Å²) < 4.78 is 0. The molecule has 0 radical (unpaired) electrons. The van der Waals surface area contributed by atoms with E-state index in [1.165, 1.54) is 24.1 Å². The van der Waals surface area contributed by atoms with Gasteiger partial charge in [-0.15, -0.1) is 0 Å². The fourth-order valence-corrected chi connectivity index (χ4v) is 3.65. The van der Waals surface area contributed by atoms with Crippen LogP contribution in [0.25, 0.3) is 10.9 Å². The second kappa shape index (κ2) is 6.33. The molecule has 1 aliphatic carbocycles. The molecule has 0 atom stereocenters. The van der Waals surface area contributed by atoms with E-state index in [4.69, 9.17) is 5.73 Å². The van der Waals surface area contributed by atoms with Crippen LogP contribution >= 0.6 is 0 Å². The van der Waals surface area contributed by atoms with Crippen molar-refractivity contribution in [2.45, 2.75) is 32.6 Å². The van der Waals surface area contributed by atoms with Gasteiger partial charge in [0.1, 0.15) is 0 Å². The lowest BCUT2D eigenvalue weighted by Gasteiger charge is -2.11. The van der Waals surface area contributed by atoms with Gasteiger partial charge in [-0.2, -0.15) is 0 Å². The third-order valence-electron chi connectivity index (χ3n) is 5.13. The predicted octanol–water partition coefficient (Wildman–Crippen LogP) is 3.71. The van der Waals surface area contributed by atoms with E-state index in [1.807, 2.05) is 25.1 Å². The molecule has 3 aromatic rings. The highest BCUT2D eigenvalue weighted by Gasteiger charge is 2.17. The number of aryl methyl sites for hydroxylation is 3. The first-order valence-corrected chi connectivity index (χ1v) is 8.88. The standard InChI is InChI=1S/C21H21N3O2/c1-12-6-7-13(20(22)25)11-19(12)24-21(26)14-8-9-18-16(10-14)15-4-2-3-5-17(15)23-18/h6-11,23H,2-5H2,1H3,(H2,22,25)(H,24,26). The number of nitrogens with one attached hydrogen (secondary N) is 2. The lowest BCUT2D eigenvalue weighted by Crippen LogP contribution is -2.15. The molecule has 0 aliphatic heterocycles. The topological polar surface area (TPSA) is 88.0 Å². The first kappa shape index (κ1) is 16.4. The predicted molar refractivity (Wildman–Crippen MR) is 103 cm³/mol. The van der Waals surface area contributed by atoms with Crippen LogP contribution in [0.3, 0.4) is 0 Å². The number of anilines is 1. The van der Waals surface area contributed by atoms with Crippen molar-refractivity contribution < 1.29 is 9.59 Å². The summed E-state index contributed by atoms with van der Waals surface area (Å²) >= 11 is 0. The minimum absolute atomic E-state index is 0.192. The van der Waals surface area contributed by atoms with Crippen LogP contribution in [-0.2, 0) is 12.8 Å². The fourth-order valence-electron chi connectivity index (χ4n) is 3.65. The zero-order valence-electron chi connectivity index (χ0n) is 14.7. The van der Waals surface area contributed by atoms with Crippen LogP contribution in [0.15, 0.2) is 36.4 Å². The second-order valence-electron chi connectivity index (χ2n) is 6.90. The van der Waals surface area contributed by atoms with Gasteiger partial charge in [-0.1, -0.05) is 6.07 Å². The number of hydrogen-bond acceptors (Lipinski definition) is 2. The average Bonchev–Trinajstić information content (AvgIpc) is 3.01. The van der Waals surface area contributed by atoms with Gasteiger partial charge >= 0.3 is 0 Å². The third kappa shape index (κ3) is 2.86. The van der Waals surface area contributed by atoms with Gasteiger partial charge in [-0.05, 0) is 74.1 Å². The molecule has 5 nitrogen and oxygen atoms in total. The normalized spacial score (nSPS) is 13.4. The van der Waals surface area contributed by atoms with Gasteiger partial charge in [-0.3, -0.25) is 9.59 Å². The van der Waals surface area contributed by atoms with Gasteiger partial charge in [0.2, 0.25) is 5.91 Å². The zero-order chi connectivity index (χ0) is 18.3. The Bertz CT molecular complexity index is 1030. The average molecular weight is 347 g/mol. The minimum atomic E-state index is -0.513. The van der Waals surface area contributed by atoms with Gasteiger partial charge in [0.05, 0.1) is 0 Å². The number of H-pyrrole nitrogens is 1. The maximum atomic E-state index is 12.7. The first-order valence-electron chi connectivity index (χ1n) is 8.88. The number of carbonyl (C=O) groups excluding carboxylic acids is 2. The molecule has 4 rings (SSSR count). The highest BCUT2D eigenvalue weighted by Crippen LogP contribution is 2.30. The molecule has 5 heteroatoms. The number of carbonyl (C=O) groups is 2. The molecule has 0 spiro atoms. The van der Waals surface area contributed by atoms with Crippen LogP contribution in [0.5, 0.6) is 0 Å². The van der Waals surface area contributed by atoms with Crippen molar-refractivity contribution in [1.82, 2.24) is 4.98 Å². The second-order valence-corrected chi connectivity index (χ2v) is 6.90. The van der Waals surface area contributed by atoms with Gasteiger partial charge < -0.3 is 16.0 Å². The third-order valence-corrected chi connectivity index (χ3v) is 5.13. The van der Waals surface area contributed by atoms with Crippen LogP contribution in [-0.4, -0.2) is 16.8 Å². The Hall–Kier alpha value is -3.08. The van der Waals surface area contributed by atoms with Crippen LogP contribution in [0.2, 0.25) is 0 Å². The number of primary amides is 1. The Morgan fingerprint density at radius 2 is 1.81 bits per heavy atom. The van der Waals surface area contributed by atoms with E-state index in [0.29, 0.717) is 16.8 Å². The van der Waals surface area contributed by atoms with Crippen molar-refractivity contribution in [2.24, 2.45) is 5.73 Å². The highest BCUT2D eigenvalue weighted by atomic mass is 16.2. The molecular weight excluding hydrogens is 326 g/mol. The summed E-state index contributed by atoms with van der Waals surface area (Å²) in [6, 6.07) is 10.8. The number of hydrogen-bond donors (Lipinski definition) is 3. The van der Waals surface area contributed by atoms with Crippen molar-refractivity contribution in [3.63, 3.8) is 0 Å². The Balaban J connectivity index is 1.66. The Kier molecular flexibility index (Phi) is 3.99. The smallest absolute Gasteiger partial charge is 0.255 e. The number of amides is 2. The summed E-state index contributed by atoms with van der Waals surface area (Å²) in [5.74, 6) is -0.705. The van der Waals surface area contributed by atoms with Crippen LogP contribution < -0.4 is 11.1 Å². The van der Waals surface area contributed by atoms with E-state index in [9.17, 15) is 9.59 Å². The molecule has 132 valence electrons. The van der Waals surface area contributed by atoms with E-state index < -0.39 is 5.91 Å². The molecule has 2 amide bonds. The minimum Gasteiger partial charge on any atom is -0.366 e. The number of rotatable bonds is 3. The Morgan fingerprint density at radius 3 is 2.62 bits per heavy atom. The molecule has 1 heterocycles. The lowest BCUT2D eigenvalue weighted by molar-refractivity contribution is 0.0996. The molecule has 0 saturated carbocycles. The quantitative estimate of drug-likeness (QED) is 0.674. The molecule has 4 N–H and O–H groups in total. The molecule has 2 aromatic carbocycles. The van der Waals surface area contributed by atoms with Gasteiger partial charge in [0.25, 0.3) is 5.91 Å². The number of benzene rings is 2. The highest BCUT2D eigenvalue weighted by molar-refractivity contribution is 6.07. The molecule has 0 unspecified atom stereocenters. The summed E-state index contributed by atoms with van der Waals surface area (Å²) in [5.41, 5.74) is 11.5. The molecule has 0 saturated heterocycles. The summed E-state index contributed by atoms with van der Waals surface area (Å²) in [6.07, 6.45) is 4.53. The van der Waals surface area contributed by atoms with E-state index in [-0.39, 0.29) is 5.91 Å². The fraction of sp³-hybridized carbons (Fsp3) is 0.238. The molecule has 0 fully saturated rings. The summed E-state index contributed by atoms with van der Waals surface area (Å²) in [6.45, 7) is 1.88. The lowest BCUT2D eigenvalue weighted by atomic mass is 9.95. The number of fused-ring (bicyclic) bond motifs is 3. The summed E-state index contributed by atoms with van der Waals surface area (Å²) in [7, 11) is 0. The van der Waals surface area contributed by atoms with E-state index in [1.54, 1.807) is 18.2 Å². The van der Waals surface area contributed by atoms with Crippen molar-refractivity contribution >= 4 is 28.4 Å². The first-order chi connectivity index (χ1) is 12.5. The molecule has 0 bridgehead atoms. The largest absolute Gasteiger partial charge is 0.366 e. The van der Waals surface area contributed by atoms with Crippen molar-refractivity contribution in [3.05, 3.63) is 64.3 Å². The van der Waals surface area contributed by atoms with Gasteiger partial charge in [-0.25, -0.2) is 0 Å². The maximum absolute atomic E-state index is 12.7. The van der Waals surface area contributed by atoms with Crippen molar-refractivity contribution in [3.8, 4) is 0 Å². The van der Waals surface area contributed by atoms with E-state index >= 15 is 0 Å². The monoisotopic (exact) mass is 347 g/mol. The van der Waals surface area contributed by atoms with Gasteiger partial charge in [0, 0.05) is 33.4 Å². The Labute approximate surface area is 151 Å². The summed E-state index contributed by atoms with van der Waals surface area (Å²) in [5, 5.41) is 4.04. The van der Waals surface area contributed by atoms with Crippen LogP contribution in [0, 0.1) is 6.92 Å². The molecule has 1 aromatic heterocycles. The number of aromatic amines is 1. The van der Waals surface area contributed by atoms with Gasteiger partial charge in [0.15, 0.2) is 0 Å².